The van der Waals surface area contributed by atoms with Gasteiger partial charge in [-0.05, 0) is 0 Å². The van der Waals surface area contributed by atoms with Crippen LogP contribution in [0.3, 0.4) is 0 Å². The summed E-state index contributed by atoms with van der Waals surface area (Å²) in [6.45, 7) is 4.51. The van der Waals surface area contributed by atoms with Crippen LogP contribution in [0.15, 0.2) is 0 Å². The van der Waals surface area contributed by atoms with Crippen LogP contribution in [-0.4, -0.2) is 12.8 Å². The molecule has 0 nitrogen and oxygen atoms in total. The molecule has 0 spiro atoms. The van der Waals surface area contributed by atoms with Crippen molar-refractivity contribution < 1.29 is 3.89 Å². The Kier molecular flexibility index (Phi) is 1.79. The van der Waals surface area contributed by atoms with Crippen molar-refractivity contribution in [2.24, 2.45) is 0 Å². The number of rotatable bonds is 0. The van der Waals surface area contributed by atoms with Crippen molar-refractivity contribution in [1.82, 2.24) is 0 Å². The number of hydrogen-bond donors (Lipinski definition) is 1. The molecule has 0 aromatic heterocycles. The first kappa shape index (κ1) is 4.34. The SMILES string of the molecule is B#[SH](C)F. The molecule has 0 saturated heterocycles. The van der Waals surface area contributed by atoms with Crippen LogP contribution in [0.4, 0.5) is 3.89 Å². The molecule has 0 aliphatic heterocycles. The Morgan fingerprint density at radius 2 is 2.00 bits per heavy atom. The van der Waals surface area contributed by atoms with E-state index < -0.39 is 10.5 Å². The molecular formula is CH4BFS. The maximum atomic E-state index is 10.8. The molecule has 0 aromatic rings. The van der Waals surface area contributed by atoms with E-state index >= 15 is 0 Å². The summed E-state index contributed by atoms with van der Waals surface area (Å²) in [5, 5.41) is 0. The zero-order valence-corrected chi connectivity index (χ0v) is 3.30. The van der Waals surface area contributed by atoms with Gasteiger partial charge in [-0.3, -0.25) is 0 Å². The predicted molar refractivity (Wildman–Crippen MR) is 21.8 cm³/mol. The fourth-order valence-electron chi connectivity index (χ4n) is 0. The molecule has 1 atom stereocenters. The van der Waals surface area contributed by atoms with Gasteiger partial charge in [0.25, 0.3) is 0 Å². The molecule has 0 aromatic carbocycles. The van der Waals surface area contributed by atoms with Crippen LogP contribution in [-0.2, 0) is 0 Å². The topological polar surface area (TPSA) is 0 Å². The van der Waals surface area contributed by atoms with Gasteiger partial charge in [-0.15, -0.1) is 0 Å². The zero-order valence-electron chi connectivity index (χ0n) is 2.40. The van der Waals surface area contributed by atoms with Gasteiger partial charge in [0.05, 0.1) is 0 Å². The van der Waals surface area contributed by atoms with E-state index in [1.54, 1.807) is 0 Å². The molecule has 3 heteroatoms. The predicted octanol–water partition coefficient (Wildman–Crippen LogP) is 0.585. The van der Waals surface area contributed by atoms with Crippen molar-refractivity contribution >= 4 is 17.0 Å². The average molecular weight is 77.9 g/mol. The van der Waals surface area contributed by atoms with Gasteiger partial charge in [0.1, 0.15) is 0 Å². The third-order valence-electron chi connectivity index (χ3n) is 0. The molecule has 0 bridgehead atoms. The Labute approximate surface area is 28.1 Å². The number of hydrogen-bond acceptors (Lipinski definition) is 0. The summed E-state index contributed by atoms with van der Waals surface area (Å²) >= 11 is 0. The summed E-state index contributed by atoms with van der Waals surface area (Å²) < 4.78 is 10.8. The summed E-state index contributed by atoms with van der Waals surface area (Å²) in [5.74, 6) is 0. The fraction of sp³-hybridized carbons (Fsp3) is 1.00. The van der Waals surface area contributed by atoms with Crippen molar-refractivity contribution in [3.63, 3.8) is 0 Å². The zero-order chi connectivity index (χ0) is 3.58. The summed E-state index contributed by atoms with van der Waals surface area (Å²) in [6, 6.07) is 0. The average Bonchev–Trinajstić information content (AvgIpc) is 0.811. The van der Waals surface area contributed by atoms with Gasteiger partial charge in [-0.2, -0.15) is 0 Å². The quantitative estimate of drug-likeness (QED) is 0.318. The summed E-state index contributed by atoms with van der Waals surface area (Å²) in [5.41, 5.74) is 0. The van der Waals surface area contributed by atoms with Gasteiger partial charge in [0.15, 0.2) is 0 Å². The fourth-order valence-corrected chi connectivity index (χ4v) is 0. The van der Waals surface area contributed by atoms with Gasteiger partial charge >= 0.3 is 27.2 Å². The first-order chi connectivity index (χ1) is 1.73. The summed E-state index contributed by atoms with van der Waals surface area (Å²) in [7, 11) is -1.62. The van der Waals surface area contributed by atoms with E-state index in [0.29, 0.717) is 0 Å². The van der Waals surface area contributed by atoms with E-state index in [2.05, 4.69) is 6.53 Å². The van der Waals surface area contributed by atoms with Crippen LogP contribution in [0.5, 0.6) is 0 Å². The Morgan fingerprint density at radius 1 is 2.00 bits per heavy atom. The van der Waals surface area contributed by atoms with E-state index in [1.807, 2.05) is 0 Å². The molecule has 0 heterocycles. The molecule has 0 saturated carbocycles. The van der Waals surface area contributed by atoms with E-state index in [1.165, 1.54) is 6.26 Å². The Balaban J connectivity index is 3.02. The number of thiol groups is 1. The second kappa shape index (κ2) is 1.64. The van der Waals surface area contributed by atoms with Crippen molar-refractivity contribution in [2.75, 3.05) is 6.26 Å². The Bertz CT molecular complexity index is 54.2. The van der Waals surface area contributed by atoms with E-state index in [0.717, 1.165) is 0 Å². The van der Waals surface area contributed by atoms with Gasteiger partial charge in [-0.25, -0.2) is 0 Å². The molecule has 1 unspecified atom stereocenters. The molecule has 0 aliphatic rings. The van der Waals surface area contributed by atoms with Gasteiger partial charge in [0.2, 0.25) is 0 Å². The van der Waals surface area contributed by atoms with E-state index in [9.17, 15) is 3.89 Å². The number of halogens is 1. The second-order valence-electron chi connectivity index (χ2n) is 0.525. The first-order valence-electron chi connectivity index (χ1n) is 0.874. The molecule has 0 fully saturated rings. The van der Waals surface area contributed by atoms with Gasteiger partial charge in [0, 0.05) is 0 Å². The molecule has 0 rings (SSSR count). The molecule has 0 radical (unpaired) electrons. The van der Waals surface area contributed by atoms with Crippen LogP contribution in [0.1, 0.15) is 0 Å². The van der Waals surface area contributed by atoms with Crippen LogP contribution in [0.2, 0.25) is 0 Å². The van der Waals surface area contributed by atoms with E-state index in [-0.39, 0.29) is 0 Å². The van der Waals surface area contributed by atoms with Crippen molar-refractivity contribution in [2.45, 2.75) is 0 Å². The normalized spacial score (nSPS) is 16.0. The third-order valence-corrected chi connectivity index (χ3v) is 0. The molecule has 0 aliphatic carbocycles. The maximum absolute atomic E-state index is 10.8. The Morgan fingerprint density at radius 3 is 2.00 bits per heavy atom. The standard InChI is InChI=1S/CH4BFS/c1-4(2)3/h4H,1H3. The first-order valence-corrected chi connectivity index (χ1v) is 2.62. The molecule has 0 N–H and O–H groups in total. The third kappa shape index (κ3) is 35.6. The minimum atomic E-state index is -1.62. The molecule has 4 heavy (non-hydrogen) atoms. The van der Waals surface area contributed by atoms with Gasteiger partial charge in [-0.1, -0.05) is 0 Å². The molecular weight excluding hydrogens is 73.9 g/mol. The van der Waals surface area contributed by atoms with Crippen molar-refractivity contribution in [3.8, 4) is 0 Å². The summed E-state index contributed by atoms with van der Waals surface area (Å²) in [6.07, 6.45) is 1.34. The van der Waals surface area contributed by atoms with Crippen LogP contribution in [0.25, 0.3) is 0 Å². The summed E-state index contributed by atoms with van der Waals surface area (Å²) in [4.78, 5) is 0. The monoisotopic (exact) mass is 78.0 g/mol. The minimum absolute atomic E-state index is 1.34. The van der Waals surface area contributed by atoms with Crippen LogP contribution >= 0.6 is 10.5 Å². The van der Waals surface area contributed by atoms with E-state index in [4.69, 9.17) is 0 Å². The van der Waals surface area contributed by atoms with Gasteiger partial charge < -0.3 is 0 Å². The van der Waals surface area contributed by atoms with Crippen LogP contribution < -0.4 is 0 Å². The van der Waals surface area contributed by atoms with Crippen molar-refractivity contribution in [1.29, 1.82) is 0 Å². The molecule has 0 amide bonds. The Hall–Kier alpha value is 0.345. The van der Waals surface area contributed by atoms with Crippen LogP contribution in [0, 0.1) is 0 Å². The molecule has 24 valence electrons. The van der Waals surface area contributed by atoms with Crippen molar-refractivity contribution in [3.05, 3.63) is 0 Å². The second-order valence-corrected chi connectivity index (χ2v) is 1.57.